The normalized spacial score (nSPS) is 21.7. The van der Waals surface area contributed by atoms with E-state index < -0.39 is 12.2 Å². The van der Waals surface area contributed by atoms with E-state index in [9.17, 15) is 9.59 Å². The number of benzene rings is 2. The van der Waals surface area contributed by atoms with E-state index in [0.29, 0.717) is 17.5 Å². The molecule has 3 aliphatic rings. The molecule has 0 radical (unpaired) electrons. The van der Waals surface area contributed by atoms with E-state index in [-0.39, 0.29) is 18.5 Å². The van der Waals surface area contributed by atoms with Crippen LogP contribution in [0.4, 0.5) is 10.5 Å². The van der Waals surface area contributed by atoms with Crippen molar-refractivity contribution in [1.29, 1.82) is 0 Å². The van der Waals surface area contributed by atoms with Gasteiger partial charge in [0.05, 0.1) is 26.5 Å². The number of ether oxygens (including phenoxy) is 2. The third kappa shape index (κ3) is 3.11. The molecule has 5 rings (SSSR count). The Hall–Kier alpha value is -4.01. The zero-order valence-corrected chi connectivity index (χ0v) is 19.8. The number of imide groups is 1. The second-order valence-electron chi connectivity index (χ2n) is 8.51. The molecular formula is C25H27N5O4. The van der Waals surface area contributed by atoms with Crippen LogP contribution in [0.2, 0.25) is 0 Å². The summed E-state index contributed by atoms with van der Waals surface area (Å²) in [6.07, 6.45) is -0.614. The van der Waals surface area contributed by atoms with Crippen molar-refractivity contribution in [2.75, 3.05) is 26.2 Å². The number of carbonyl (C=O) groups is 2. The number of methoxy groups -OCH3 is 2. The zero-order valence-electron chi connectivity index (χ0n) is 19.8. The minimum absolute atomic E-state index is 0.215. The van der Waals surface area contributed by atoms with Gasteiger partial charge in [-0.05, 0) is 31.5 Å². The average Bonchev–Trinajstić information content (AvgIpc) is 3.36. The molecule has 9 nitrogen and oxygen atoms in total. The van der Waals surface area contributed by atoms with Gasteiger partial charge in [-0.3, -0.25) is 19.5 Å². The van der Waals surface area contributed by atoms with E-state index in [1.165, 1.54) is 4.90 Å². The number of anilines is 1. The molecule has 3 aliphatic heterocycles. The minimum atomic E-state index is -0.634. The van der Waals surface area contributed by atoms with Crippen LogP contribution in [0.1, 0.15) is 19.4 Å². The monoisotopic (exact) mass is 461 g/mol. The number of guanidine groups is 1. The molecule has 0 aromatic heterocycles. The molecule has 0 N–H and O–H groups in total. The van der Waals surface area contributed by atoms with Crippen LogP contribution in [0.25, 0.3) is 0 Å². The molecule has 176 valence electrons. The molecule has 0 spiro atoms. The maximum Gasteiger partial charge on any atom is 0.328 e. The summed E-state index contributed by atoms with van der Waals surface area (Å²) < 4.78 is 11.0. The third-order valence-corrected chi connectivity index (χ3v) is 6.70. The van der Waals surface area contributed by atoms with Crippen molar-refractivity contribution in [2.45, 2.75) is 32.6 Å². The van der Waals surface area contributed by atoms with E-state index in [2.05, 4.69) is 0 Å². The summed E-state index contributed by atoms with van der Waals surface area (Å²) in [5, 5.41) is 0. The highest BCUT2D eigenvalue weighted by atomic mass is 16.5. The number of nitrogens with zero attached hydrogens (tertiary/aromatic N) is 5. The van der Waals surface area contributed by atoms with Crippen LogP contribution >= 0.6 is 0 Å². The number of urea groups is 1. The number of carbonyl (C=O) groups excluding carboxylic acids is 2. The Bertz CT molecular complexity index is 1230. The number of likely N-dealkylation sites (N-methyl/N-ethyl adjacent to an activating group) is 1. The Balaban J connectivity index is 1.53. The maximum absolute atomic E-state index is 13.7. The lowest BCUT2D eigenvalue weighted by Gasteiger charge is -2.40. The Kier molecular flexibility index (Phi) is 5.19. The summed E-state index contributed by atoms with van der Waals surface area (Å²) in [4.78, 5) is 38.5. The second kappa shape index (κ2) is 8.09. The Morgan fingerprint density at radius 1 is 0.971 bits per heavy atom. The number of aliphatic imine (C=N–C) groups is 1. The largest absolute Gasteiger partial charge is 0.497 e. The fourth-order valence-corrected chi connectivity index (χ4v) is 4.78. The highest BCUT2D eigenvalue weighted by Gasteiger charge is 2.56. The van der Waals surface area contributed by atoms with Crippen LogP contribution in [-0.4, -0.2) is 66.1 Å². The number of rotatable bonds is 5. The van der Waals surface area contributed by atoms with Gasteiger partial charge in [0.1, 0.15) is 11.5 Å². The number of hydrogen-bond donors (Lipinski definition) is 0. The molecule has 2 aromatic rings. The van der Waals surface area contributed by atoms with Gasteiger partial charge < -0.3 is 14.4 Å². The van der Waals surface area contributed by atoms with Crippen LogP contribution in [0.5, 0.6) is 11.5 Å². The fraction of sp³-hybridized carbons (Fsp3) is 0.320. The number of amides is 3. The third-order valence-electron chi connectivity index (χ3n) is 6.70. The van der Waals surface area contributed by atoms with Crippen molar-refractivity contribution in [3.8, 4) is 11.5 Å². The molecule has 3 heterocycles. The van der Waals surface area contributed by atoms with Gasteiger partial charge in [0.25, 0.3) is 5.91 Å². The SMILES string of the molecule is COc1ccc(N2C3=NC4C(C(=O)N(Cc5ccccc5)C(=O)N4C)N3C(C)=C2C)c(OC)c1. The van der Waals surface area contributed by atoms with Gasteiger partial charge in [-0.15, -0.1) is 0 Å². The summed E-state index contributed by atoms with van der Waals surface area (Å²) in [5.74, 6) is 1.64. The molecule has 2 aromatic carbocycles. The average molecular weight is 462 g/mol. The highest BCUT2D eigenvalue weighted by Crippen LogP contribution is 2.43. The number of hydrogen-bond acceptors (Lipinski definition) is 7. The Labute approximate surface area is 198 Å². The first kappa shape index (κ1) is 21.8. The van der Waals surface area contributed by atoms with E-state index in [1.54, 1.807) is 26.2 Å². The number of allylic oxidation sites excluding steroid dienone is 2. The lowest BCUT2D eigenvalue weighted by molar-refractivity contribution is -0.137. The van der Waals surface area contributed by atoms with E-state index in [4.69, 9.17) is 14.5 Å². The molecule has 2 atom stereocenters. The van der Waals surface area contributed by atoms with Crippen LogP contribution < -0.4 is 14.4 Å². The van der Waals surface area contributed by atoms with Gasteiger partial charge in [0, 0.05) is 24.5 Å². The summed E-state index contributed by atoms with van der Waals surface area (Å²) >= 11 is 0. The molecule has 1 fully saturated rings. The molecule has 0 bridgehead atoms. The molecule has 0 saturated carbocycles. The lowest BCUT2D eigenvalue weighted by atomic mass is 10.1. The van der Waals surface area contributed by atoms with Crippen molar-refractivity contribution in [3.63, 3.8) is 0 Å². The highest BCUT2D eigenvalue weighted by molar-refractivity contribution is 6.11. The van der Waals surface area contributed by atoms with Gasteiger partial charge in [0.2, 0.25) is 5.96 Å². The predicted molar refractivity (Wildman–Crippen MR) is 127 cm³/mol. The molecule has 3 amide bonds. The van der Waals surface area contributed by atoms with Gasteiger partial charge in [-0.1, -0.05) is 30.3 Å². The van der Waals surface area contributed by atoms with E-state index in [1.807, 2.05) is 72.2 Å². The van der Waals surface area contributed by atoms with Crippen LogP contribution in [0, 0.1) is 0 Å². The van der Waals surface area contributed by atoms with Crippen molar-refractivity contribution in [2.24, 2.45) is 4.99 Å². The topological polar surface area (TPSA) is 77.9 Å². The lowest BCUT2D eigenvalue weighted by Crippen LogP contribution is -2.64. The molecule has 0 aliphatic carbocycles. The fourth-order valence-electron chi connectivity index (χ4n) is 4.78. The first-order chi connectivity index (χ1) is 16.4. The molecule has 34 heavy (non-hydrogen) atoms. The smallest absolute Gasteiger partial charge is 0.328 e. The van der Waals surface area contributed by atoms with Gasteiger partial charge in [-0.25, -0.2) is 9.79 Å². The Morgan fingerprint density at radius 2 is 1.71 bits per heavy atom. The van der Waals surface area contributed by atoms with Gasteiger partial charge >= 0.3 is 6.03 Å². The summed E-state index contributed by atoms with van der Waals surface area (Å²) in [5.41, 5.74) is 3.51. The standard InChI is InChI=1S/C25H27N5O4/c1-15-16(2)30-21-22(26-24(30)29(15)19-12-11-18(33-4)13-20(19)34-5)27(3)25(32)28(23(21)31)14-17-9-7-6-8-10-17/h6-13,21-22H,14H2,1-5H3. The first-order valence-corrected chi connectivity index (χ1v) is 11.1. The molecule has 9 heteroatoms. The Morgan fingerprint density at radius 3 is 2.38 bits per heavy atom. The quantitative estimate of drug-likeness (QED) is 0.680. The van der Waals surface area contributed by atoms with Crippen molar-refractivity contribution in [3.05, 3.63) is 65.5 Å². The maximum atomic E-state index is 13.7. The summed E-state index contributed by atoms with van der Waals surface area (Å²) in [6, 6.07) is 14.1. The summed E-state index contributed by atoms with van der Waals surface area (Å²) in [6.45, 7) is 4.17. The van der Waals surface area contributed by atoms with Crippen molar-refractivity contribution < 1.29 is 19.1 Å². The van der Waals surface area contributed by atoms with Crippen LogP contribution in [0.3, 0.4) is 0 Å². The van der Waals surface area contributed by atoms with E-state index in [0.717, 1.165) is 22.6 Å². The molecule has 2 unspecified atom stereocenters. The van der Waals surface area contributed by atoms with E-state index >= 15 is 0 Å². The van der Waals surface area contributed by atoms with Gasteiger partial charge in [0.15, 0.2) is 12.2 Å². The number of fused-ring (bicyclic) bond motifs is 3. The van der Waals surface area contributed by atoms with Crippen LogP contribution in [-0.2, 0) is 11.3 Å². The van der Waals surface area contributed by atoms with Crippen LogP contribution in [0.15, 0.2) is 64.9 Å². The molecule has 1 saturated heterocycles. The zero-order chi connectivity index (χ0) is 24.1. The predicted octanol–water partition coefficient (Wildman–Crippen LogP) is 3.24. The van der Waals surface area contributed by atoms with Crippen molar-refractivity contribution >= 4 is 23.6 Å². The minimum Gasteiger partial charge on any atom is -0.497 e. The second-order valence-corrected chi connectivity index (χ2v) is 8.51. The van der Waals surface area contributed by atoms with Gasteiger partial charge in [-0.2, -0.15) is 0 Å². The molecular weight excluding hydrogens is 434 g/mol. The van der Waals surface area contributed by atoms with Crippen molar-refractivity contribution in [1.82, 2.24) is 14.7 Å². The summed E-state index contributed by atoms with van der Waals surface area (Å²) in [7, 11) is 4.90. The first-order valence-electron chi connectivity index (χ1n) is 11.1.